The maximum absolute atomic E-state index is 11.5. The number of unbranched alkanes of at least 4 members (excludes halogenated alkanes) is 2. The third kappa shape index (κ3) is 3.88. The molecular formula is C9H15NO3S. The van der Waals surface area contributed by atoms with Gasteiger partial charge in [-0.05, 0) is 26.7 Å². The van der Waals surface area contributed by atoms with Gasteiger partial charge in [-0.1, -0.05) is 0 Å². The first kappa shape index (κ1) is 13.1. The highest BCUT2D eigenvalue weighted by Gasteiger charge is 2.33. The van der Waals surface area contributed by atoms with Crippen LogP contribution in [0.25, 0.3) is 0 Å². The number of hydrogen-bond donors (Lipinski definition) is 1. The molecule has 5 heteroatoms. The molecule has 0 spiro atoms. The number of carbonyl (C=O) groups is 1. The van der Waals surface area contributed by atoms with E-state index in [4.69, 9.17) is 10.4 Å². The summed E-state index contributed by atoms with van der Waals surface area (Å²) in [7, 11) is -1.37. The van der Waals surface area contributed by atoms with Crippen molar-refractivity contribution in [3.05, 3.63) is 0 Å². The Morgan fingerprint density at radius 1 is 1.50 bits per heavy atom. The van der Waals surface area contributed by atoms with Gasteiger partial charge in [0.05, 0.1) is 6.07 Å². The standard InChI is InChI=1S/C9H15NO3S/c1-9(2,8(11)12)14(13)7-5-3-4-6-10/h3-5,7H2,1-2H3,(H,11,12). The van der Waals surface area contributed by atoms with Gasteiger partial charge in [0.25, 0.3) is 0 Å². The number of nitriles is 1. The molecule has 0 saturated carbocycles. The highest BCUT2D eigenvalue weighted by molar-refractivity contribution is 7.87. The van der Waals surface area contributed by atoms with Gasteiger partial charge < -0.3 is 5.11 Å². The number of rotatable bonds is 6. The lowest BCUT2D eigenvalue weighted by molar-refractivity contribution is -0.139. The van der Waals surface area contributed by atoms with Crippen molar-refractivity contribution in [2.24, 2.45) is 0 Å². The summed E-state index contributed by atoms with van der Waals surface area (Å²) >= 11 is 0. The van der Waals surface area contributed by atoms with Crippen molar-refractivity contribution in [2.75, 3.05) is 5.75 Å². The van der Waals surface area contributed by atoms with Gasteiger partial charge in [0, 0.05) is 23.0 Å². The van der Waals surface area contributed by atoms with E-state index in [2.05, 4.69) is 0 Å². The normalized spacial score (nSPS) is 13.2. The van der Waals surface area contributed by atoms with Crippen LogP contribution >= 0.6 is 0 Å². The number of carboxylic acid groups (broad SMARTS) is 1. The van der Waals surface area contributed by atoms with Crippen LogP contribution in [0.5, 0.6) is 0 Å². The van der Waals surface area contributed by atoms with Crippen molar-refractivity contribution < 1.29 is 14.1 Å². The number of carboxylic acids is 1. The Morgan fingerprint density at radius 3 is 2.50 bits per heavy atom. The molecule has 14 heavy (non-hydrogen) atoms. The zero-order chi connectivity index (χ0) is 11.2. The summed E-state index contributed by atoms with van der Waals surface area (Å²) < 4.78 is 10.3. The van der Waals surface area contributed by atoms with E-state index >= 15 is 0 Å². The average Bonchev–Trinajstić information content (AvgIpc) is 2.11. The van der Waals surface area contributed by atoms with Crippen LogP contribution in [-0.4, -0.2) is 25.8 Å². The van der Waals surface area contributed by atoms with E-state index < -0.39 is 21.5 Å². The molecule has 0 aliphatic rings. The predicted molar refractivity (Wildman–Crippen MR) is 54.2 cm³/mol. The summed E-state index contributed by atoms with van der Waals surface area (Å²) in [5.74, 6) is -0.697. The topological polar surface area (TPSA) is 78.2 Å². The molecule has 0 rings (SSSR count). The molecule has 1 atom stereocenters. The molecule has 0 amide bonds. The van der Waals surface area contributed by atoms with E-state index in [1.807, 2.05) is 6.07 Å². The van der Waals surface area contributed by atoms with Gasteiger partial charge in [-0.25, -0.2) is 0 Å². The van der Waals surface area contributed by atoms with E-state index in [-0.39, 0.29) is 0 Å². The Morgan fingerprint density at radius 2 is 2.07 bits per heavy atom. The Bertz CT molecular complexity index is 268. The maximum atomic E-state index is 11.5. The molecule has 0 aliphatic carbocycles. The van der Waals surface area contributed by atoms with Gasteiger partial charge in [0.1, 0.15) is 4.75 Å². The zero-order valence-corrected chi connectivity index (χ0v) is 9.26. The van der Waals surface area contributed by atoms with Crippen LogP contribution in [0.2, 0.25) is 0 Å². The molecule has 1 unspecified atom stereocenters. The van der Waals surface area contributed by atoms with Crippen LogP contribution in [0.4, 0.5) is 0 Å². The van der Waals surface area contributed by atoms with Crippen molar-refractivity contribution in [3.63, 3.8) is 0 Å². The van der Waals surface area contributed by atoms with Gasteiger partial charge in [-0.2, -0.15) is 5.26 Å². The van der Waals surface area contributed by atoms with Crippen LogP contribution in [0.15, 0.2) is 0 Å². The van der Waals surface area contributed by atoms with Crippen molar-refractivity contribution in [1.82, 2.24) is 0 Å². The molecule has 4 nitrogen and oxygen atoms in total. The van der Waals surface area contributed by atoms with Gasteiger partial charge in [0.2, 0.25) is 0 Å². The minimum absolute atomic E-state index is 0.348. The summed E-state index contributed by atoms with van der Waals surface area (Å²) in [6.45, 7) is 2.91. The van der Waals surface area contributed by atoms with E-state index in [9.17, 15) is 9.00 Å². The molecular weight excluding hydrogens is 202 g/mol. The Hall–Kier alpha value is -0.890. The fourth-order valence-electron chi connectivity index (χ4n) is 0.790. The molecule has 0 aromatic rings. The number of nitrogens with zero attached hydrogens (tertiary/aromatic N) is 1. The summed E-state index contributed by atoms with van der Waals surface area (Å²) in [5, 5.41) is 17.0. The van der Waals surface area contributed by atoms with Gasteiger partial charge in [-0.3, -0.25) is 9.00 Å². The second kappa shape index (κ2) is 5.76. The summed E-state index contributed by atoms with van der Waals surface area (Å²) in [5.41, 5.74) is 0. The number of hydrogen-bond acceptors (Lipinski definition) is 3. The molecule has 0 fully saturated rings. The van der Waals surface area contributed by atoms with Crippen molar-refractivity contribution >= 4 is 16.8 Å². The molecule has 0 saturated heterocycles. The molecule has 1 N–H and O–H groups in total. The van der Waals surface area contributed by atoms with E-state index in [1.54, 1.807) is 0 Å². The van der Waals surface area contributed by atoms with Gasteiger partial charge in [0.15, 0.2) is 0 Å². The fourth-order valence-corrected chi connectivity index (χ4v) is 1.96. The Labute approximate surface area is 86.4 Å². The highest BCUT2D eigenvalue weighted by Crippen LogP contribution is 2.14. The molecule has 0 aromatic carbocycles. The predicted octanol–water partition coefficient (Wildman–Crippen LogP) is 1.29. The quantitative estimate of drug-likeness (QED) is 0.680. The first-order valence-electron chi connectivity index (χ1n) is 4.41. The average molecular weight is 217 g/mol. The molecule has 0 bridgehead atoms. The largest absolute Gasteiger partial charge is 0.480 e. The smallest absolute Gasteiger partial charge is 0.321 e. The van der Waals surface area contributed by atoms with Crippen molar-refractivity contribution in [3.8, 4) is 6.07 Å². The van der Waals surface area contributed by atoms with E-state index in [1.165, 1.54) is 13.8 Å². The van der Waals surface area contributed by atoms with Crippen LogP contribution in [0.1, 0.15) is 33.1 Å². The maximum Gasteiger partial charge on any atom is 0.321 e. The molecule has 0 radical (unpaired) electrons. The SMILES string of the molecule is CC(C)(C(=O)O)S(=O)CCCCC#N. The second-order valence-corrected chi connectivity index (χ2v) is 5.60. The minimum atomic E-state index is -1.37. The first-order valence-corrected chi connectivity index (χ1v) is 5.73. The Kier molecular flexibility index (Phi) is 5.39. The third-order valence-electron chi connectivity index (χ3n) is 1.95. The van der Waals surface area contributed by atoms with Crippen molar-refractivity contribution in [2.45, 2.75) is 37.9 Å². The third-order valence-corrected chi connectivity index (χ3v) is 3.92. The lowest BCUT2D eigenvalue weighted by Gasteiger charge is -2.17. The van der Waals surface area contributed by atoms with E-state index in [0.29, 0.717) is 25.0 Å². The monoisotopic (exact) mass is 217 g/mol. The van der Waals surface area contributed by atoms with Gasteiger partial charge >= 0.3 is 5.97 Å². The van der Waals surface area contributed by atoms with Gasteiger partial charge in [-0.15, -0.1) is 0 Å². The first-order chi connectivity index (χ1) is 6.42. The van der Waals surface area contributed by atoms with Crippen LogP contribution < -0.4 is 0 Å². The molecule has 0 aromatic heterocycles. The lowest BCUT2D eigenvalue weighted by atomic mass is 10.2. The molecule has 0 aliphatic heterocycles. The van der Waals surface area contributed by atoms with Crippen LogP contribution in [-0.2, 0) is 15.6 Å². The number of aliphatic carboxylic acids is 1. The minimum Gasteiger partial charge on any atom is -0.480 e. The highest BCUT2D eigenvalue weighted by atomic mass is 32.2. The fraction of sp³-hybridized carbons (Fsp3) is 0.778. The summed E-state index contributed by atoms with van der Waals surface area (Å²) in [6.07, 6.45) is 1.75. The Balaban J connectivity index is 3.97. The van der Waals surface area contributed by atoms with Crippen molar-refractivity contribution in [1.29, 1.82) is 5.26 Å². The summed E-state index contributed by atoms with van der Waals surface area (Å²) in [4.78, 5) is 10.7. The van der Waals surface area contributed by atoms with Crippen LogP contribution in [0, 0.1) is 11.3 Å². The second-order valence-electron chi connectivity index (χ2n) is 3.48. The molecule has 80 valence electrons. The van der Waals surface area contributed by atoms with Crippen LogP contribution in [0.3, 0.4) is 0 Å². The lowest BCUT2D eigenvalue weighted by Crippen LogP contribution is -2.37. The summed E-state index contributed by atoms with van der Waals surface area (Å²) in [6, 6.07) is 1.99. The zero-order valence-electron chi connectivity index (χ0n) is 8.45. The van der Waals surface area contributed by atoms with E-state index in [0.717, 1.165) is 0 Å². The molecule has 0 heterocycles.